The summed E-state index contributed by atoms with van der Waals surface area (Å²) in [5, 5.41) is 4.20. The van der Waals surface area contributed by atoms with Crippen LogP contribution in [0.3, 0.4) is 0 Å². The molecule has 4 rings (SSSR count). The Kier molecular flexibility index (Phi) is 4.05. The van der Waals surface area contributed by atoms with E-state index in [4.69, 9.17) is 0 Å². The third-order valence-corrected chi connectivity index (χ3v) is 4.92. The first-order valence-corrected chi connectivity index (χ1v) is 8.56. The van der Waals surface area contributed by atoms with Gasteiger partial charge in [0.25, 0.3) is 5.78 Å². The van der Waals surface area contributed by atoms with Crippen LogP contribution in [0.2, 0.25) is 0 Å². The average Bonchev–Trinajstić information content (AvgIpc) is 3.03. The monoisotopic (exact) mass is 361 g/mol. The minimum absolute atomic E-state index is 0.285. The van der Waals surface area contributed by atoms with Crippen molar-refractivity contribution in [1.29, 1.82) is 0 Å². The van der Waals surface area contributed by atoms with Crippen molar-refractivity contribution < 1.29 is 13.2 Å². The van der Waals surface area contributed by atoms with E-state index in [9.17, 15) is 13.2 Å². The molecule has 5 nitrogen and oxygen atoms in total. The molecule has 3 heterocycles. The molecular formula is C18H18F3N5. The Hall–Kier alpha value is -2.64. The van der Waals surface area contributed by atoms with Crippen LogP contribution in [0, 0.1) is 30.3 Å². The zero-order chi connectivity index (χ0) is 18.4. The van der Waals surface area contributed by atoms with E-state index in [0.717, 1.165) is 25.9 Å². The average molecular weight is 361 g/mol. The number of fused-ring (bicyclic) bond motifs is 1. The molecule has 8 heteroatoms. The Morgan fingerprint density at radius 2 is 1.69 bits per heavy atom. The van der Waals surface area contributed by atoms with Crippen LogP contribution < -0.4 is 4.90 Å². The standard InChI is InChI=1S/C18H18F3N5/c1-10-3-5-25(6-4-10)17-15(11(2)24-18-22-9-23-26(17)18)16-13(20)7-12(19)8-14(16)21/h7-10H,3-6H2,1-2H3. The van der Waals surface area contributed by atoms with Gasteiger partial charge >= 0.3 is 0 Å². The lowest BCUT2D eigenvalue weighted by molar-refractivity contribution is 0.435. The molecule has 0 radical (unpaired) electrons. The molecule has 3 aromatic rings. The molecule has 1 saturated heterocycles. The largest absolute Gasteiger partial charge is 0.356 e. The van der Waals surface area contributed by atoms with Crippen molar-refractivity contribution in [2.75, 3.05) is 18.0 Å². The number of aromatic nitrogens is 4. The van der Waals surface area contributed by atoms with E-state index >= 15 is 0 Å². The fourth-order valence-electron chi connectivity index (χ4n) is 3.52. The van der Waals surface area contributed by atoms with E-state index in [1.165, 1.54) is 10.8 Å². The van der Waals surface area contributed by atoms with Crippen LogP contribution in [0.1, 0.15) is 25.5 Å². The molecule has 1 fully saturated rings. The number of benzene rings is 1. The quantitative estimate of drug-likeness (QED) is 0.697. The molecule has 1 aromatic carbocycles. The molecule has 0 N–H and O–H groups in total. The Balaban J connectivity index is 2.00. The second-order valence-electron chi connectivity index (χ2n) is 6.78. The van der Waals surface area contributed by atoms with Crippen molar-refractivity contribution in [3.05, 3.63) is 41.6 Å². The zero-order valence-electron chi connectivity index (χ0n) is 14.5. The molecule has 1 aliphatic heterocycles. The first-order chi connectivity index (χ1) is 12.5. The van der Waals surface area contributed by atoms with Gasteiger partial charge in [-0.05, 0) is 25.7 Å². The van der Waals surface area contributed by atoms with Gasteiger partial charge in [0, 0.05) is 25.2 Å². The second kappa shape index (κ2) is 6.26. The summed E-state index contributed by atoms with van der Waals surface area (Å²) in [6, 6.07) is 1.37. The summed E-state index contributed by atoms with van der Waals surface area (Å²) in [4.78, 5) is 10.5. The van der Waals surface area contributed by atoms with Crippen LogP contribution in [0.25, 0.3) is 16.9 Å². The summed E-state index contributed by atoms with van der Waals surface area (Å²) < 4.78 is 44.0. The van der Waals surface area contributed by atoms with Gasteiger partial charge < -0.3 is 4.90 Å². The molecule has 0 aliphatic carbocycles. The first kappa shape index (κ1) is 16.8. The van der Waals surface area contributed by atoms with Crippen molar-refractivity contribution in [3.63, 3.8) is 0 Å². The predicted molar refractivity (Wildman–Crippen MR) is 91.4 cm³/mol. The van der Waals surface area contributed by atoms with Gasteiger partial charge in [0.1, 0.15) is 29.6 Å². The Bertz CT molecular complexity index is 953. The zero-order valence-corrected chi connectivity index (χ0v) is 14.5. The highest BCUT2D eigenvalue weighted by atomic mass is 19.1. The summed E-state index contributed by atoms with van der Waals surface area (Å²) in [6.07, 6.45) is 3.29. The Morgan fingerprint density at radius 3 is 2.35 bits per heavy atom. The van der Waals surface area contributed by atoms with Crippen molar-refractivity contribution in [2.24, 2.45) is 5.92 Å². The summed E-state index contributed by atoms with van der Waals surface area (Å²) in [5.74, 6) is -1.38. The van der Waals surface area contributed by atoms with E-state index in [1.807, 2.05) is 4.90 Å². The molecule has 0 unspecified atom stereocenters. The maximum absolute atomic E-state index is 14.5. The van der Waals surface area contributed by atoms with E-state index in [0.29, 0.717) is 35.3 Å². The number of rotatable bonds is 2. The molecule has 0 bridgehead atoms. The summed E-state index contributed by atoms with van der Waals surface area (Å²) >= 11 is 0. The van der Waals surface area contributed by atoms with Gasteiger partial charge in [-0.2, -0.15) is 14.6 Å². The highest BCUT2D eigenvalue weighted by Crippen LogP contribution is 2.38. The number of hydrogen-bond donors (Lipinski definition) is 0. The molecule has 0 saturated carbocycles. The van der Waals surface area contributed by atoms with Gasteiger partial charge in [0.15, 0.2) is 0 Å². The predicted octanol–water partition coefficient (Wildman–Crippen LogP) is 3.75. The Morgan fingerprint density at radius 1 is 1.04 bits per heavy atom. The van der Waals surface area contributed by atoms with Crippen molar-refractivity contribution in [2.45, 2.75) is 26.7 Å². The number of piperidine rings is 1. The van der Waals surface area contributed by atoms with Gasteiger partial charge in [0.2, 0.25) is 0 Å². The van der Waals surface area contributed by atoms with Gasteiger partial charge in [-0.1, -0.05) is 6.92 Å². The summed E-state index contributed by atoms with van der Waals surface area (Å²) in [5.41, 5.74) is 0.415. The second-order valence-corrected chi connectivity index (χ2v) is 6.78. The molecule has 0 spiro atoms. The minimum Gasteiger partial charge on any atom is -0.356 e. The maximum Gasteiger partial charge on any atom is 0.254 e. The fraction of sp³-hybridized carbons (Fsp3) is 0.389. The van der Waals surface area contributed by atoms with Crippen molar-refractivity contribution in [3.8, 4) is 11.1 Å². The highest BCUT2D eigenvalue weighted by Gasteiger charge is 2.28. The van der Waals surface area contributed by atoms with E-state index < -0.39 is 17.5 Å². The third-order valence-electron chi connectivity index (χ3n) is 4.92. The van der Waals surface area contributed by atoms with Gasteiger partial charge in [-0.3, -0.25) is 0 Å². The molecule has 2 aromatic heterocycles. The number of hydrogen-bond acceptors (Lipinski definition) is 4. The minimum atomic E-state index is -0.960. The van der Waals surface area contributed by atoms with Crippen LogP contribution in [-0.2, 0) is 0 Å². The van der Waals surface area contributed by atoms with Crippen LogP contribution >= 0.6 is 0 Å². The summed E-state index contributed by atoms with van der Waals surface area (Å²) in [6.45, 7) is 5.32. The van der Waals surface area contributed by atoms with Crippen LogP contribution in [0.4, 0.5) is 19.0 Å². The van der Waals surface area contributed by atoms with E-state index in [2.05, 4.69) is 22.0 Å². The maximum atomic E-state index is 14.5. The molecule has 136 valence electrons. The molecule has 26 heavy (non-hydrogen) atoms. The normalized spacial score (nSPS) is 15.8. The number of nitrogens with zero attached hydrogens (tertiary/aromatic N) is 5. The van der Waals surface area contributed by atoms with Crippen molar-refractivity contribution >= 4 is 11.6 Å². The Labute approximate surface area is 148 Å². The van der Waals surface area contributed by atoms with Gasteiger partial charge in [0.05, 0.1) is 16.8 Å². The summed E-state index contributed by atoms with van der Waals surface area (Å²) in [7, 11) is 0. The fourth-order valence-corrected chi connectivity index (χ4v) is 3.52. The number of anilines is 1. The van der Waals surface area contributed by atoms with E-state index in [1.54, 1.807) is 6.92 Å². The highest BCUT2D eigenvalue weighted by molar-refractivity contribution is 5.80. The molecule has 1 aliphatic rings. The lowest BCUT2D eigenvalue weighted by Crippen LogP contribution is -2.35. The lowest BCUT2D eigenvalue weighted by Gasteiger charge is -2.33. The third kappa shape index (κ3) is 2.69. The van der Waals surface area contributed by atoms with Crippen LogP contribution in [-0.4, -0.2) is 32.7 Å². The SMILES string of the molecule is Cc1nc2ncnn2c(N2CCC(C)CC2)c1-c1c(F)cc(F)cc1F. The number of aryl methyl sites for hydroxylation is 1. The lowest BCUT2D eigenvalue weighted by atomic mass is 9.97. The van der Waals surface area contributed by atoms with Crippen LogP contribution in [0.15, 0.2) is 18.5 Å². The smallest absolute Gasteiger partial charge is 0.254 e. The topological polar surface area (TPSA) is 46.3 Å². The molecular weight excluding hydrogens is 343 g/mol. The van der Waals surface area contributed by atoms with Crippen LogP contribution in [0.5, 0.6) is 0 Å². The molecule has 0 amide bonds. The van der Waals surface area contributed by atoms with Gasteiger partial charge in [-0.15, -0.1) is 0 Å². The van der Waals surface area contributed by atoms with E-state index in [-0.39, 0.29) is 11.1 Å². The molecule has 0 atom stereocenters. The first-order valence-electron chi connectivity index (χ1n) is 8.56. The number of halogens is 3. The van der Waals surface area contributed by atoms with Gasteiger partial charge in [-0.25, -0.2) is 18.2 Å². The van der Waals surface area contributed by atoms with Crippen molar-refractivity contribution in [1.82, 2.24) is 19.6 Å².